The van der Waals surface area contributed by atoms with Crippen LogP contribution in [0, 0.1) is 0 Å². The van der Waals surface area contributed by atoms with Gasteiger partial charge in [0.05, 0.1) is 30.6 Å². The standard InChI is InChI=1S/C24H24N6O4/c1-29(2)23(32)15-6-4-14(5-7-15)18-12-26-24(28-21(18)33-3)27-16-10-19-22(25-11-16)34-13-17-8-9-20(31)30(17)19/h4-7,10-12,17H,8-9,13H2,1-3H3,(H,26,27,28)/t17-/m0/s1. The van der Waals surface area contributed by atoms with E-state index < -0.39 is 0 Å². The molecule has 2 amide bonds. The number of pyridine rings is 1. The van der Waals surface area contributed by atoms with E-state index in [1.165, 1.54) is 12.0 Å². The van der Waals surface area contributed by atoms with Crippen LogP contribution in [-0.2, 0) is 4.79 Å². The van der Waals surface area contributed by atoms with Gasteiger partial charge < -0.3 is 24.6 Å². The number of hydrogen-bond donors (Lipinski definition) is 1. The molecule has 0 bridgehead atoms. The first-order valence-electron chi connectivity index (χ1n) is 10.9. The van der Waals surface area contributed by atoms with E-state index in [-0.39, 0.29) is 17.9 Å². The lowest BCUT2D eigenvalue weighted by atomic mass is 10.1. The highest BCUT2D eigenvalue weighted by Gasteiger charge is 2.38. The van der Waals surface area contributed by atoms with Crippen molar-refractivity contribution in [2.75, 3.05) is 38.0 Å². The van der Waals surface area contributed by atoms with E-state index in [1.54, 1.807) is 43.5 Å². The molecule has 0 saturated carbocycles. The number of carbonyl (C=O) groups excluding carboxylic acids is 2. The molecular weight excluding hydrogens is 436 g/mol. The normalized spacial score (nSPS) is 16.4. The Morgan fingerprint density at radius 1 is 1.21 bits per heavy atom. The van der Waals surface area contributed by atoms with Crippen LogP contribution in [0.25, 0.3) is 11.1 Å². The number of benzene rings is 1. The maximum Gasteiger partial charge on any atom is 0.253 e. The van der Waals surface area contributed by atoms with Crippen molar-refractivity contribution in [3.8, 4) is 22.9 Å². The van der Waals surface area contributed by atoms with Crippen molar-refractivity contribution < 1.29 is 19.1 Å². The minimum absolute atomic E-state index is 0.0482. The number of rotatable bonds is 5. The Balaban J connectivity index is 1.39. The van der Waals surface area contributed by atoms with E-state index in [1.807, 2.05) is 18.2 Å². The number of hydrogen-bond acceptors (Lipinski definition) is 8. The number of carbonyl (C=O) groups is 2. The van der Waals surface area contributed by atoms with Gasteiger partial charge in [0.2, 0.25) is 23.6 Å². The van der Waals surface area contributed by atoms with Crippen LogP contribution in [0.4, 0.5) is 17.3 Å². The summed E-state index contributed by atoms with van der Waals surface area (Å²) in [6.07, 6.45) is 4.56. The van der Waals surface area contributed by atoms with Gasteiger partial charge in [-0.3, -0.25) is 9.59 Å². The van der Waals surface area contributed by atoms with E-state index in [2.05, 4.69) is 20.3 Å². The third kappa shape index (κ3) is 3.87. The number of ether oxygens (including phenoxy) is 2. The smallest absolute Gasteiger partial charge is 0.253 e. The zero-order valence-electron chi connectivity index (χ0n) is 19.1. The first-order valence-corrected chi connectivity index (χ1v) is 10.9. The summed E-state index contributed by atoms with van der Waals surface area (Å²) in [6.45, 7) is 0.463. The molecular formula is C24H24N6O4. The molecule has 0 aliphatic carbocycles. The Morgan fingerprint density at radius 3 is 2.74 bits per heavy atom. The van der Waals surface area contributed by atoms with E-state index in [4.69, 9.17) is 9.47 Å². The van der Waals surface area contributed by atoms with Gasteiger partial charge in [-0.2, -0.15) is 4.98 Å². The van der Waals surface area contributed by atoms with Gasteiger partial charge in [0.25, 0.3) is 5.91 Å². The van der Waals surface area contributed by atoms with Crippen LogP contribution in [-0.4, -0.2) is 65.5 Å². The van der Waals surface area contributed by atoms with Gasteiger partial charge in [-0.05, 0) is 30.2 Å². The maximum absolute atomic E-state index is 12.3. The van der Waals surface area contributed by atoms with Crippen molar-refractivity contribution in [2.24, 2.45) is 0 Å². The molecule has 2 aromatic heterocycles. The predicted molar refractivity (Wildman–Crippen MR) is 126 cm³/mol. The zero-order chi connectivity index (χ0) is 23.8. The lowest BCUT2D eigenvalue weighted by Crippen LogP contribution is -2.40. The SMILES string of the molecule is COc1nc(Nc2cnc3c(c2)N2C(=O)CC[C@H]2CO3)ncc1-c1ccc(C(=O)N(C)C)cc1. The van der Waals surface area contributed by atoms with Gasteiger partial charge >= 0.3 is 0 Å². The van der Waals surface area contributed by atoms with Gasteiger partial charge in [-0.25, -0.2) is 9.97 Å². The summed E-state index contributed by atoms with van der Waals surface area (Å²) < 4.78 is 11.2. The fraction of sp³-hybridized carbons (Fsp3) is 0.292. The zero-order valence-corrected chi connectivity index (χ0v) is 19.1. The summed E-state index contributed by atoms with van der Waals surface area (Å²) in [4.78, 5) is 41.0. The lowest BCUT2D eigenvalue weighted by Gasteiger charge is -2.31. The molecule has 0 spiro atoms. The summed E-state index contributed by atoms with van der Waals surface area (Å²) in [5.41, 5.74) is 3.39. The number of methoxy groups -OCH3 is 1. The van der Waals surface area contributed by atoms with Crippen LogP contribution in [0.15, 0.2) is 42.7 Å². The van der Waals surface area contributed by atoms with E-state index >= 15 is 0 Å². The van der Waals surface area contributed by atoms with Crippen molar-refractivity contribution >= 4 is 29.1 Å². The average molecular weight is 460 g/mol. The fourth-order valence-corrected chi connectivity index (χ4v) is 4.16. The van der Waals surface area contributed by atoms with E-state index in [0.717, 1.165) is 12.0 Å². The highest BCUT2D eigenvalue weighted by molar-refractivity contribution is 5.98. The average Bonchev–Trinajstić information content (AvgIpc) is 3.24. The molecule has 5 rings (SSSR count). The molecule has 34 heavy (non-hydrogen) atoms. The predicted octanol–water partition coefficient (Wildman–Crippen LogP) is 2.88. The lowest BCUT2D eigenvalue weighted by molar-refractivity contribution is -0.117. The quantitative estimate of drug-likeness (QED) is 0.619. The Morgan fingerprint density at radius 2 is 2.00 bits per heavy atom. The molecule has 1 N–H and O–H groups in total. The number of fused-ring (bicyclic) bond motifs is 3. The number of nitrogens with zero attached hydrogens (tertiary/aromatic N) is 5. The van der Waals surface area contributed by atoms with Gasteiger partial charge in [-0.1, -0.05) is 12.1 Å². The number of aromatic nitrogens is 3. The Bertz CT molecular complexity index is 1260. The first-order chi connectivity index (χ1) is 16.4. The molecule has 4 heterocycles. The summed E-state index contributed by atoms with van der Waals surface area (Å²) in [5.74, 6) is 1.16. The summed E-state index contributed by atoms with van der Waals surface area (Å²) >= 11 is 0. The van der Waals surface area contributed by atoms with Crippen LogP contribution in [0.5, 0.6) is 11.8 Å². The largest absolute Gasteiger partial charge is 0.480 e. The molecule has 0 unspecified atom stereocenters. The van der Waals surface area contributed by atoms with Crippen molar-refractivity contribution in [3.63, 3.8) is 0 Å². The fourth-order valence-electron chi connectivity index (χ4n) is 4.16. The Hall–Kier alpha value is -4.21. The molecule has 0 radical (unpaired) electrons. The minimum Gasteiger partial charge on any atom is -0.480 e. The highest BCUT2D eigenvalue weighted by atomic mass is 16.5. The van der Waals surface area contributed by atoms with Gasteiger partial charge in [0.15, 0.2) is 0 Å². The van der Waals surface area contributed by atoms with Crippen LogP contribution < -0.4 is 19.7 Å². The van der Waals surface area contributed by atoms with Crippen LogP contribution >= 0.6 is 0 Å². The van der Waals surface area contributed by atoms with Crippen molar-refractivity contribution in [1.82, 2.24) is 19.9 Å². The molecule has 1 atom stereocenters. The molecule has 10 heteroatoms. The molecule has 2 aliphatic heterocycles. The van der Waals surface area contributed by atoms with E-state index in [0.29, 0.717) is 53.2 Å². The molecule has 1 fully saturated rings. The van der Waals surface area contributed by atoms with Crippen LogP contribution in [0.1, 0.15) is 23.2 Å². The van der Waals surface area contributed by atoms with Gasteiger partial charge in [0.1, 0.15) is 12.3 Å². The molecule has 10 nitrogen and oxygen atoms in total. The third-order valence-electron chi connectivity index (χ3n) is 5.88. The minimum atomic E-state index is -0.0691. The van der Waals surface area contributed by atoms with Gasteiger partial charge in [0, 0.05) is 32.3 Å². The molecule has 2 aliphatic rings. The Labute approximate surface area is 196 Å². The van der Waals surface area contributed by atoms with Crippen molar-refractivity contribution in [2.45, 2.75) is 18.9 Å². The van der Waals surface area contributed by atoms with Crippen LogP contribution in [0.3, 0.4) is 0 Å². The summed E-state index contributed by atoms with van der Waals surface area (Å²) in [5, 5.41) is 3.13. The topological polar surface area (TPSA) is 110 Å². The second-order valence-corrected chi connectivity index (χ2v) is 8.33. The molecule has 174 valence electrons. The summed E-state index contributed by atoms with van der Waals surface area (Å²) in [7, 11) is 4.97. The highest BCUT2D eigenvalue weighted by Crippen LogP contribution is 2.39. The second kappa shape index (κ2) is 8.62. The van der Waals surface area contributed by atoms with Crippen LogP contribution in [0.2, 0.25) is 0 Å². The summed E-state index contributed by atoms with van der Waals surface area (Å²) in [6, 6.07) is 9.06. The molecule has 3 aromatic rings. The van der Waals surface area contributed by atoms with E-state index in [9.17, 15) is 9.59 Å². The monoisotopic (exact) mass is 460 g/mol. The second-order valence-electron chi connectivity index (χ2n) is 8.33. The van der Waals surface area contributed by atoms with Crippen molar-refractivity contribution in [1.29, 1.82) is 0 Å². The maximum atomic E-state index is 12.3. The van der Waals surface area contributed by atoms with Gasteiger partial charge in [-0.15, -0.1) is 0 Å². The molecule has 1 saturated heterocycles. The number of amides is 2. The molecule has 1 aromatic carbocycles. The number of nitrogens with one attached hydrogen (secondary N) is 1. The number of anilines is 3. The third-order valence-corrected chi connectivity index (χ3v) is 5.88. The van der Waals surface area contributed by atoms with Crippen molar-refractivity contribution in [3.05, 3.63) is 48.3 Å². The first kappa shape index (κ1) is 21.6. The Kier molecular flexibility index (Phi) is 5.48.